The first-order valence-corrected chi connectivity index (χ1v) is 4.84. The van der Waals surface area contributed by atoms with Gasteiger partial charge in [0.2, 0.25) is 0 Å². The van der Waals surface area contributed by atoms with Crippen molar-refractivity contribution in [1.29, 1.82) is 0 Å². The first kappa shape index (κ1) is 10.8. The summed E-state index contributed by atoms with van der Waals surface area (Å²) in [6, 6.07) is 10.1. The van der Waals surface area contributed by atoms with Gasteiger partial charge in [0, 0.05) is 6.42 Å². The number of aliphatic hydroxyl groups is 1. The molecule has 0 bridgehead atoms. The minimum atomic E-state index is -0.732. The number of terminal acetylenes is 1. The quantitative estimate of drug-likeness (QED) is 0.719. The van der Waals surface area contributed by atoms with Gasteiger partial charge in [0.1, 0.15) is 0 Å². The summed E-state index contributed by atoms with van der Waals surface area (Å²) >= 11 is 0. The highest BCUT2D eigenvalue weighted by Crippen LogP contribution is 2.16. The lowest BCUT2D eigenvalue weighted by molar-refractivity contribution is 0.0566. The molecule has 1 rings (SSSR count). The van der Waals surface area contributed by atoms with E-state index in [1.54, 1.807) is 6.92 Å². The van der Waals surface area contributed by atoms with Gasteiger partial charge in [0.05, 0.1) is 5.60 Å². The molecule has 0 aliphatic carbocycles. The van der Waals surface area contributed by atoms with E-state index in [1.807, 2.05) is 18.2 Å². The molecule has 1 atom stereocenters. The maximum absolute atomic E-state index is 9.83. The number of rotatable bonds is 4. The third-order valence-corrected chi connectivity index (χ3v) is 2.28. The molecular weight excluding hydrogens is 172 g/mol. The van der Waals surface area contributed by atoms with Crippen molar-refractivity contribution in [2.75, 3.05) is 0 Å². The molecule has 0 amide bonds. The number of aryl methyl sites for hydroxylation is 1. The zero-order valence-corrected chi connectivity index (χ0v) is 8.53. The molecule has 0 saturated heterocycles. The average molecular weight is 188 g/mol. The van der Waals surface area contributed by atoms with Crippen LogP contribution in [0.5, 0.6) is 0 Å². The number of hydrogen-bond acceptors (Lipinski definition) is 1. The lowest BCUT2D eigenvalue weighted by Crippen LogP contribution is -2.23. The molecular formula is C13H16O. The summed E-state index contributed by atoms with van der Waals surface area (Å²) in [4.78, 5) is 0. The predicted octanol–water partition coefficient (Wildman–Crippen LogP) is 2.39. The van der Waals surface area contributed by atoms with Gasteiger partial charge in [-0.15, -0.1) is 12.3 Å². The summed E-state index contributed by atoms with van der Waals surface area (Å²) in [6.45, 7) is 1.79. The molecule has 14 heavy (non-hydrogen) atoms. The summed E-state index contributed by atoms with van der Waals surface area (Å²) < 4.78 is 0. The molecule has 0 saturated carbocycles. The average Bonchev–Trinajstić information content (AvgIpc) is 2.17. The van der Waals surface area contributed by atoms with E-state index < -0.39 is 5.60 Å². The fraction of sp³-hybridized carbons (Fsp3) is 0.385. The molecule has 0 fully saturated rings. The van der Waals surface area contributed by atoms with Crippen molar-refractivity contribution in [3.05, 3.63) is 35.9 Å². The first-order valence-electron chi connectivity index (χ1n) is 4.84. The minimum Gasteiger partial charge on any atom is -0.389 e. The van der Waals surface area contributed by atoms with Crippen LogP contribution in [-0.4, -0.2) is 10.7 Å². The van der Waals surface area contributed by atoms with Crippen molar-refractivity contribution in [2.24, 2.45) is 0 Å². The number of hydrogen-bond donors (Lipinski definition) is 1. The van der Waals surface area contributed by atoms with Gasteiger partial charge in [-0.25, -0.2) is 0 Å². The van der Waals surface area contributed by atoms with Gasteiger partial charge in [-0.2, -0.15) is 0 Å². The molecule has 1 N–H and O–H groups in total. The smallest absolute Gasteiger partial charge is 0.0731 e. The van der Waals surface area contributed by atoms with E-state index in [0.717, 1.165) is 6.42 Å². The Kier molecular flexibility index (Phi) is 3.73. The Morgan fingerprint density at radius 1 is 1.36 bits per heavy atom. The summed E-state index contributed by atoms with van der Waals surface area (Å²) in [6.07, 6.45) is 7.17. The van der Waals surface area contributed by atoms with Crippen LogP contribution in [0.4, 0.5) is 0 Å². The molecule has 1 nitrogen and oxygen atoms in total. The maximum Gasteiger partial charge on any atom is 0.0731 e. The minimum absolute atomic E-state index is 0.417. The van der Waals surface area contributed by atoms with Gasteiger partial charge in [-0.3, -0.25) is 0 Å². The van der Waals surface area contributed by atoms with E-state index in [-0.39, 0.29) is 0 Å². The molecule has 1 aromatic carbocycles. The van der Waals surface area contributed by atoms with Gasteiger partial charge < -0.3 is 5.11 Å². The Hall–Kier alpha value is -1.26. The van der Waals surface area contributed by atoms with Crippen LogP contribution in [0.3, 0.4) is 0 Å². The molecule has 0 aliphatic heterocycles. The van der Waals surface area contributed by atoms with Crippen molar-refractivity contribution < 1.29 is 5.11 Å². The molecule has 0 heterocycles. The highest BCUT2D eigenvalue weighted by molar-refractivity contribution is 5.15. The predicted molar refractivity (Wildman–Crippen MR) is 58.8 cm³/mol. The van der Waals surface area contributed by atoms with Crippen molar-refractivity contribution in [3.8, 4) is 12.3 Å². The van der Waals surface area contributed by atoms with E-state index in [9.17, 15) is 5.11 Å². The van der Waals surface area contributed by atoms with Gasteiger partial charge in [0.15, 0.2) is 0 Å². The molecule has 0 unspecified atom stereocenters. The van der Waals surface area contributed by atoms with Crippen molar-refractivity contribution in [3.63, 3.8) is 0 Å². The van der Waals surface area contributed by atoms with Crippen molar-refractivity contribution in [2.45, 2.75) is 31.8 Å². The summed E-state index contributed by atoms with van der Waals surface area (Å²) in [5.41, 5.74) is 0.509. The second-order valence-corrected chi connectivity index (χ2v) is 3.86. The third kappa shape index (κ3) is 3.64. The molecule has 1 aromatic rings. The van der Waals surface area contributed by atoms with Crippen LogP contribution in [0.2, 0.25) is 0 Å². The SMILES string of the molecule is C#CC[C@@](C)(O)CCc1ccccc1. The fourth-order valence-corrected chi connectivity index (χ4v) is 1.37. The normalized spacial score (nSPS) is 14.4. The largest absolute Gasteiger partial charge is 0.389 e. The Labute approximate surface area is 85.8 Å². The van der Waals surface area contributed by atoms with E-state index in [0.29, 0.717) is 12.8 Å². The highest BCUT2D eigenvalue weighted by atomic mass is 16.3. The first-order chi connectivity index (χ1) is 6.64. The third-order valence-electron chi connectivity index (χ3n) is 2.28. The summed E-state index contributed by atoms with van der Waals surface area (Å²) in [5, 5.41) is 9.83. The molecule has 0 aromatic heterocycles. The van der Waals surface area contributed by atoms with E-state index >= 15 is 0 Å². The second-order valence-electron chi connectivity index (χ2n) is 3.86. The zero-order valence-electron chi connectivity index (χ0n) is 8.53. The second kappa shape index (κ2) is 4.83. The van der Waals surface area contributed by atoms with Crippen molar-refractivity contribution in [1.82, 2.24) is 0 Å². The molecule has 0 spiro atoms. The monoisotopic (exact) mass is 188 g/mol. The molecule has 74 valence electrons. The van der Waals surface area contributed by atoms with Gasteiger partial charge in [0.25, 0.3) is 0 Å². The fourth-order valence-electron chi connectivity index (χ4n) is 1.37. The van der Waals surface area contributed by atoms with Crippen molar-refractivity contribution >= 4 is 0 Å². The Morgan fingerprint density at radius 3 is 2.57 bits per heavy atom. The van der Waals surface area contributed by atoms with Crippen LogP contribution < -0.4 is 0 Å². The lowest BCUT2D eigenvalue weighted by atomic mass is 9.94. The van der Waals surface area contributed by atoms with Gasteiger partial charge in [-0.05, 0) is 25.3 Å². The van der Waals surface area contributed by atoms with E-state index in [2.05, 4.69) is 18.1 Å². The molecule has 0 aliphatic rings. The van der Waals surface area contributed by atoms with Crippen LogP contribution >= 0.6 is 0 Å². The van der Waals surface area contributed by atoms with E-state index in [4.69, 9.17) is 6.42 Å². The summed E-state index contributed by atoms with van der Waals surface area (Å²) in [7, 11) is 0. The number of benzene rings is 1. The van der Waals surface area contributed by atoms with Crippen LogP contribution in [0.25, 0.3) is 0 Å². The Bertz CT molecular complexity index is 306. The van der Waals surface area contributed by atoms with Crippen LogP contribution in [-0.2, 0) is 6.42 Å². The Morgan fingerprint density at radius 2 is 2.00 bits per heavy atom. The van der Waals surface area contributed by atoms with E-state index in [1.165, 1.54) is 5.56 Å². The van der Waals surface area contributed by atoms with Crippen LogP contribution in [0.1, 0.15) is 25.3 Å². The summed E-state index contributed by atoms with van der Waals surface area (Å²) in [5.74, 6) is 2.49. The van der Waals surface area contributed by atoms with Gasteiger partial charge in [-0.1, -0.05) is 30.3 Å². The van der Waals surface area contributed by atoms with Gasteiger partial charge >= 0.3 is 0 Å². The topological polar surface area (TPSA) is 20.2 Å². The molecule has 0 radical (unpaired) electrons. The highest BCUT2D eigenvalue weighted by Gasteiger charge is 2.18. The van der Waals surface area contributed by atoms with Crippen LogP contribution in [0, 0.1) is 12.3 Å². The maximum atomic E-state index is 9.83. The van der Waals surface area contributed by atoms with Crippen LogP contribution in [0.15, 0.2) is 30.3 Å². The standard InChI is InChI=1S/C13H16O/c1-3-10-13(2,14)11-9-12-7-5-4-6-8-12/h1,4-8,14H,9-11H2,2H3/t13-/m1/s1. The molecule has 1 heteroatoms. The zero-order chi connectivity index (χ0) is 10.4. The lowest BCUT2D eigenvalue weighted by Gasteiger charge is -2.20. The Balaban J connectivity index is 2.45.